The molecule has 34 heavy (non-hydrogen) atoms. The number of carbonyl (C=O) groups excluding carboxylic acids is 1. The third-order valence-corrected chi connectivity index (χ3v) is 5.10. The van der Waals surface area contributed by atoms with Crippen molar-refractivity contribution in [3.63, 3.8) is 0 Å². The Hall–Kier alpha value is -3.95. The summed E-state index contributed by atoms with van der Waals surface area (Å²) in [5.74, 6) is 1.77. The van der Waals surface area contributed by atoms with Gasteiger partial charge in [0.25, 0.3) is 0 Å². The van der Waals surface area contributed by atoms with E-state index in [1.807, 2.05) is 24.3 Å². The van der Waals surface area contributed by atoms with Crippen molar-refractivity contribution in [1.29, 1.82) is 5.26 Å². The van der Waals surface area contributed by atoms with Gasteiger partial charge in [-0.3, -0.25) is 4.79 Å². The van der Waals surface area contributed by atoms with Gasteiger partial charge in [0.05, 0.1) is 32.5 Å². The lowest BCUT2D eigenvalue weighted by molar-refractivity contribution is -0.134. The monoisotopic (exact) mass is 477 g/mol. The van der Waals surface area contributed by atoms with Gasteiger partial charge in [0.1, 0.15) is 11.5 Å². The number of nitrogens with zero attached hydrogens (tertiary/aromatic N) is 1. The molecule has 0 saturated heterocycles. The summed E-state index contributed by atoms with van der Waals surface area (Å²) in [6.07, 6.45) is 2.42. The smallest absolute Gasteiger partial charge is 0.311 e. The molecule has 0 saturated carbocycles. The van der Waals surface area contributed by atoms with Gasteiger partial charge >= 0.3 is 5.97 Å². The highest BCUT2D eigenvalue weighted by Crippen LogP contribution is 2.30. The first-order valence-electron chi connectivity index (χ1n) is 10.6. The van der Waals surface area contributed by atoms with Crippen LogP contribution in [0.2, 0.25) is 5.02 Å². The highest BCUT2D eigenvalue weighted by Gasteiger charge is 2.11. The molecule has 0 radical (unpaired) electrons. The van der Waals surface area contributed by atoms with E-state index in [1.54, 1.807) is 55.7 Å². The molecule has 0 amide bonds. The number of rotatable bonds is 10. The second-order valence-electron chi connectivity index (χ2n) is 7.19. The van der Waals surface area contributed by atoms with Gasteiger partial charge in [0.15, 0.2) is 11.5 Å². The van der Waals surface area contributed by atoms with Crippen LogP contribution < -0.4 is 18.9 Å². The highest BCUT2D eigenvalue weighted by molar-refractivity contribution is 6.30. The van der Waals surface area contributed by atoms with Crippen LogP contribution in [0.15, 0.2) is 66.7 Å². The van der Waals surface area contributed by atoms with Crippen LogP contribution in [-0.2, 0) is 4.79 Å². The summed E-state index contributed by atoms with van der Waals surface area (Å²) in [5, 5.41) is 10.1. The van der Waals surface area contributed by atoms with Crippen molar-refractivity contribution in [2.75, 3.05) is 20.8 Å². The second-order valence-corrected chi connectivity index (χ2v) is 7.63. The SMILES string of the molecule is COc1ccc(OCCCC(=O)Oc2ccc(C=C(C#N)c3ccc(Cl)cc3)cc2OC)cc1. The first-order valence-corrected chi connectivity index (χ1v) is 10.9. The molecule has 0 atom stereocenters. The van der Waals surface area contributed by atoms with E-state index in [4.69, 9.17) is 30.5 Å². The molecule has 0 aliphatic carbocycles. The molecule has 0 unspecified atom stereocenters. The zero-order valence-corrected chi connectivity index (χ0v) is 19.7. The molecule has 3 aromatic carbocycles. The maximum absolute atomic E-state index is 12.3. The molecule has 0 N–H and O–H groups in total. The summed E-state index contributed by atoms with van der Waals surface area (Å²) in [4.78, 5) is 12.3. The maximum atomic E-state index is 12.3. The average molecular weight is 478 g/mol. The van der Waals surface area contributed by atoms with Crippen LogP contribution in [0.5, 0.6) is 23.0 Å². The van der Waals surface area contributed by atoms with E-state index in [9.17, 15) is 10.1 Å². The van der Waals surface area contributed by atoms with E-state index in [1.165, 1.54) is 7.11 Å². The zero-order chi connectivity index (χ0) is 24.3. The Morgan fingerprint density at radius 1 is 0.941 bits per heavy atom. The molecule has 0 aromatic heterocycles. The fourth-order valence-electron chi connectivity index (χ4n) is 3.09. The molecule has 6 nitrogen and oxygen atoms in total. The highest BCUT2D eigenvalue weighted by atomic mass is 35.5. The van der Waals surface area contributed by atoms with Crippen molar-refractivity contribution in [2.45, 2.75) is 12.8 Å². The van der Waals surface area contributed by atoms with Crippen LogP contribution >= 0.6 is 11.6 Å². The lowest BCUT2D eigenvalue weighted by Gasteiger charge is -2.11. The fourth-order valence-corrected chi connectivity index (χ4v) is 3.21. The molecular formula is C27H24ClNO5. The zero-order valence-electron chi connectivity index (χ0n) is 18.9. The average Bonchev–Trinajstić information content (AvgIpc) is 2.87. The quantitative estimate of drug-likeness (QED) is 0.114. The molecule has 0 fully saturated rings. The van der Waals surface area contributed by atoms with E-state index >= 15 is 0 Å². The minimum Gasteiger partial charge on any atom is -0.497 e. The molecule has 0 aliphatic heterocycles. The van der Waals surface area contributed by atoms with E-state index in [0.717, 1.165) is 16.9 Å². The Morgan fingerprint density at radius 3 is 2.29 bits per heavy atom. The van der Waals surface area contributed by atoms with Gasteiger partial charge in [-0.2, -0.15) is 5.26 Å². The molecule has 0 heterocycles. The summed E-state index contributed by atoms with van der Waals surface area (Å²) >= 11 is 5.92. The van der Waals surface area contributed by atoms with Crippen molar-refractivity contribution in [1.82, 2.24) is 0 Å². The van der Waals surface area contributed by atoms with E-state index in [2.05, 4.69) is 6.07 Å². The molecule has 174 valence electrons. The Labute approximate surface area is 203 Å². The Balaban J connectivity index is 1.57. The summed E-state index contributed by atoms with van der Waals surface area (Å²) in [6.45, 7) is 0.379. The summed E-state index contributed by atoms with van der Waals surface area (Å²) in [6, 6.07) is 21.6. The topological polar surface area (TPSA) is 77.8 Å². The van der Waals surface area contributed by atoms with Crippen molar-refractivity contribution in [2.24, 2.45) is 0 Å². The molecule has 0 aliphatic rings. The molecule has 0 spiro atoms. The van der Waals surface area contributed by atoms with Gasteiger partial charge in [0, 0.05) is 11.4 Å². The van der Waals surface area contributed by atoms with Crippen LogP contribution in [0.4, 0.5) is 0 Å². The number of allylic oxidation sites excluding steroid dienone is 1. The summed E-state index contributed by atoms with van der Waals surface area (Å²) in [5.41, 5.74) is 1.95. The number of carbonyl (C=O) groups is 1. The Bertz CT molecular complexity index is 1180. The van der Waals surface area contributed by atoms with Crippen LogP contribution in [0.3, 0.4) is 0 Å². The largest absolute Gasteiger partial charge is 0.497 e. The second kappa shape index (κ2) is 12.3. The van der Waals surface area contributed by atoms with Crippen LogP contribution in [-0.4, -0.2) is 26.8 Å². The lowest BCUT2D eigenvalue weighted by Crippen LogP contribution is -2.10. The van der Waals surface area contributed by atoms with Crippen LogP contribution in [0, 0.1) is 11.3 Å². The number of benzene rings is 3. The Kier molecular flexibility index (Phi) is 8.96. The fraction of sp³-hybridized carbons (Fsp3) is 0.185. The van der Waals surface area contributed by atoms with Crippen LogP contribution in [0.25, 0.3) is 11.6 Å². The van der Waals surface area contributed by atoms with Crippen molar-refractivity contribution < 1.29 is 23.7 Å². The van der Waals surface area contributed by atoms with Crippen molar-refractivity contribution >= 4 is 29.2 Å². The first-order chi connectivity index (χ1) is 16.5. The molecule has 0 bridgehead atoms. The molecular weight excluding hydrogens is 454 g/mol. The number of nitriles is 1. The van der Waals surface area contributed by atoms with Crippen LogP contribution in [0.1, 0.15) is 24.0 Å². The lowest BCUT2D eigenvalue weighted by atomic mass is 10.0. The van der Waals surface area contributed by atoms with Crippen molar-refractivity contribution in [3.8, 4) is 29.1 Å². The number of hydrogen-bond acceptors (Lipinski definition) is 6. The normalized spacial score (nSPS) is 10.8. The molecule has 7 heteroatoms. The third-order valence-electron chi connectivity index (χ3n) is 4.85. The number of hydrogen-bond donors (Lipinski definition) is 0. The predicted octanol–water partition coefficient (Wildman–Crippen LogP) is 6.19. The van der Waals surface area contributed by atoms with Gasteiger partial charge in [-0.15, -0.1) is 0 Å². The summed E-state index contributed by atoms with van der Waals surface area (Å²) < 4.78 is 21.6. The van der Waals surface area contributed by atoms with Gasteiger partial charge in [-0.05, 0) is 72.2 Å². The van der Waals surface area contributed by atoms with Gasteiger partial charge < -0.3 is 18.9 Å². The summed E-state index contributed by atoms with van der Waals surface area (Å²) in [7, 11) is 3.10. The van der Waals surface area contributed by atoms with Gasteiger partial charge in [0.2, 0.25) is 0 Å². The number of ether oxygens (including phenoxy) is 4. The molecule has 3 aromatic rings. The molecule has 3 rings (SSSR count). The van der Waals surface area contributed by atoms with Crippen molar-refractivity contribution in [3.05, 3.63) is 82.9 Å². The predicted molar refractivity (Wildman–Crippen MR) is 131 cm³/mol. The first kappa shape index (κ1) is 24.7. The minimum absolute atomic E-state index is 0.191. The van der Waals surface area contributed by atoms with Gasteiger partial charge in [-0.1, -0.05) is 29.8 Å². The maximum Gasteiger partial charge on any atom is 0.311 e. The minimum atomic E-state index is -0.390. The third kappa shape index (κ3) is 7.03. The number of halogens is 1. The standard InChI is InChI=1S/C27H24ClNO5/c1-31-23-10-12-24(13-11-23)33-15-3-4-27(30)34-25-14-5-19(17-26(25)32-2)16-21(18-29)20-6-8-22(28)9-7-20/h5-14,16-17H,3-4,15H2,1-2H3. The van der Waals surface area contributed by atoms with E-state index in [-0.39, 0.29) is 12.4 Å². The number of esters is 1. The van der Waals surface area contributed by atoms with E-state index < -0.39 is 0 Å². The Morgan fingerprint density at radius 2 is 1.65 bits per heavy atom. The van der Waals surface area contributed by atoms with Gasteiger partial charge in [-0.25, -0.2) is 0 Å². The number of methoxy groups -OCH3 is 2. The van der Waals surface area contributed by atoms with E-state index in [0.29, 0.717) is 40.9 Å².